The molecular weight excluding hydrogens is 262 g/mol. The van der Waals surface area contributed by atoms with Crippen molar-refractivity contribution in [2.24, 2.45) is 11.1 Å². The van der Waals surface area contributed by atoms with Crippen LogP contribution in [0, 0.1) is 5.92 Å². The molecule has 116 valence electrons. The monoisotopic (exact) mass is 293 g/mol. The molecule has 0 aromatic rings. The molecular formula is C14H31NO3S. The molecule has 2 unspecified atom stereocenters. The number of nitrogens with two attached hydrogens (primary N) is 1. The van der Waals surface area contributed by atoms with Crippen LogP contribution in [-0.2, 0) is 14.8 Å². The van der Waals surface area contributed by atoms with Crippen LogP contribution in [0.2, 0.25) is 0 Å². The van der Waals surface area contributed by atoms with Gasteiger partial charge in [-0.1, -0.05) is 46.0 Å². The first-order valence-electron chi connectivity index (χ1n) is 7.51. The summed E-state index contributed by atoms with van der Waals surface area (Å²) in [7, 11) is -3.40. The molecule has 0 aromatic heterocycles. The first-order chi connectivity index (χ1) is 8.89. The number of ether oxygens (including phenoxy) is 1. The van der Waals surface area contributed by atoms with Crippen molar-refractivity contribution in [1.82, 2.24) is 0 Å². The van der Waals surface area contributed by atoms with Crippen molar-refractivity contribution in [2.45, 2.75) is 71.8 Å². The molecule has 0 bridgehead atoms. The Labute approximate surface area is 119 Å². The van der Waals surface area contributed by atoms with E-state index >= 15 is 0 Å². The predicted molar refractivity (Wildman–Crippen MR) is 80.5 cm³/mol. The first kappa shape index (κ1) is 18.9. The molecule has 2 N–H and O–H groups in total. The first-order valence-corrected chi connectivity index (χ1v) is 9.22. The molecule has 0 radical (unpaired) electrons. The molecule has 19 heavy (non-hydrogen) atoms. The van der Waals surface area contributed by atoms with E-state index in [1.54, 1.807) is 0 Å². The van der Waals surface area contributed by atoms with Crippen LogP contribution >= 0.6 is 0 Å². The van der Waals surface area contributed by atoms with E-state index in [1.165, 1.54) is 25.7 Å². The van der Waals surface area contributed by atoms with Gasteiger partial charge in [0.05, 0.1) is 18.5 Å². The average molecular weight is 293 g/mol. The van der Waals surface area contributed by atoms with Gasteiger partial charge in [0, 0.05) is 0 Å². The standard InChI is InChI=1S/C14H31NO3S/c1-4-6-7-8-10-13(3)18-11-14(9-5-2)12-19(15,16)17/h13-14H,4-12H2,1-3H3,(H2,15,16,17). The van der Waals surface area contributed by atoms with Gasteiger partial charge in [-0.05, 0) is 25.7 Å². The average Bonchev–Trinajstić information content (AvgIpc) is 2.30. The lowest BCUT2D eigenvalue weighted by Gasteiger charge is -2.19. The highest BCUT2D eigenvalue weighted by molar-refractivity contribution is 7.89. The van der Waals surface area contributed by atoms with Crippen LogP contribution in [0.25, 0.3) is 0 Å². The van der Waals surface area contributed by atoms with Crippen molar-refractivity contribution >= 4 is 10.0 Å². The molecule has 0 saturated carbocycles. The number of primary sulfonamides is 1. The van der Waals surface area contributed by atoms with E-state index < -0.39 is 10.0 Å². The van der Waals surface area contributed by atoms with E-state index in [0.29, 0.717) is 6.61 Å². The molecule has 0 amide bonds. The van der Waals surface area contributed by atoms with E-state index in [-0.39, 0.29) is 17.8 Å². The minimum atomic E-state index is -3.40. The molecule has 0 heterocycles. The van der Waals surface area contributed by atoms with Crippen LogP contribution in [0.5, 0.6) is 0 Å². The van der Waals surface area contributed by atoms with Crippen molar-refractivity contribution in [3.63, 3.8) is 0 Å². The largest absolute Gasteiger partial charge is 0.378 e. The van der Waals surface area contributed by atoms with Gasteiger partial charge in [-0.2, -0.15) is 0 Å². The second kappa shape index (κ2) is 10.6. The normalized spacial score (nSPS) is 15.4. The van der Waals surface area contributed by atoms with Crippen LogP contribution in [0.3, 0.4) is 0 Å². The molecule has 0 fully saturated rings. The van der Waals surface area contributed by atoms with Crippen LogP contribution in [-0.4, -0.2) is 26.9 Å². The smallest absolute Gasteiger partial charge is 0.209 e. The van der Waals surface area contributed by atoms with Gasteiger partial charge in [-0.15, -0.1) is 0 Å². The van der Waals surface area contributed by atoms with Crippen LogP contribution in [0.4, 0.5) is 0 Å². The molecule has 0 aliphatic heterocycles. The lowest BCUT2D eigenvalue weighted by molar-refractivity contribution is 0.0362. The Morgan fingerprint density at radius 1 is 1.05 bits per heavy atom. The van der Waals surface area contributed by atoms with Crippen LogP contribution < -0.4 is 5.14 Å². The SMILES string of the molecule is CCCCCCC(C)OCC(CCC)CS(N)(=O)=O. The van der Waals surface area contributed by atoms with Gasteiger partial charge in [0.25, 0.3) is 0 Å². The summed E-state index contributed by atoms with van der Waals surface area (Å²) >= 11 is 0. The zero-order chi connectivity index (χ0) is 14.7. The lowest BCUT2D eigenvalue weighted by Crippen LogP contribution is -2.27. The number of hydrogen-bond acceptors (Lipinski definition) is 3. The maximum absolute atomic E-state index is 11.1. The fourth-order valence-electron chi connectivity index (χ4n) is 2.19. The third-order valence-corrected chi connectivity index (χ3v) is 4.18. The topological polar surface area (TPSA) is 69.4 Å². The van der Waals surface area contributed by atoms with Crippen molar-refractivity contribution in [1.29, 1.82) is 0 Å². The second-order valence-corrected chi connectivity index (χ2v) is 7.14. The highest BCUT2D eigenvalue weighted by atomic mass is 32.2. The van der Waals surface area contributed by atoms with Gasteiger partial charge < -0.3 is 4.74 Å². The Bertz CT molecular complexity index is 304. The van der Waals surface area contributed by atoms with E-state index in [4.69, 9.17) is 9.88 Å². The molecule has 5 heteroatoms. The van der Waals surface area contributed by atoms with Crippen LogP contribution in [0.1, 0.15) is 65.7 Å². The quantitative estimate of drug-likeness (QED) is 0.562. The van der Waals surface area contributed by atoms with Crippen molar-refractivity contribution in [3.8, 4) is 0 Å². The molecule has 0 spiro atoms. The lowest BCUT2D eigenvalue weighted by atomic mass is 10.1. The third kappa shape index (κ3) is 12.6. The number of rotatable bonds is 12. The van der Waals surface area contributed by atoms with Gasteiger partial charge in [0.15, 0.2) is 0 Å². The van der Waals surface area contributed by atoms with E-state index in [9.17, 15) is 8.42 Å². The summed E-state index contributed by atoms with van der Waals surface area (Å²) in [6.07, 6.45) is 8.00. The summed E-state index contributed by atoms with van der Waals surface area (Å²) in [5.74, 6) is 0.0572. The summed E-state index contributed by atoms with van der Waals surface area (Å²) in [5.41, 5.74) is 0. The number of unbranched alkanes of at least 4 members (excludes halogenated alkanes) is 3. The molecule has 4 nitrogen and oxygen atoms in total. The predicted octanol–water partition coefficient (Wildman–Crippen LogP) is 3.07. The minimum absolute atomic E-state index is 0.0260. The van der Waals surface area contributed by atoms with Crippen molar-refractivity contribution in [3.05, 3.63) is 0 Å². The summed E-state index contributed by atoms with van der Waals surface area (Å²) in [5, 5.41) is 5.10. The van der Waals surface area contributed by atoms with Gasteiger partial charge in [0.2, 0.25) is 10.0 Å². The fraction of sp³-hybridized carbons (Fsp3) is 1.00. The third-order valence-electron chi connectivity index (χ3n) is 3.25. The summed E-state index contributed by atoms with van der Waals surface area (Å²) in [6, 6.07) is 0. The van der Waals surface area contributed by atoms with Gasteiger partial charge >= 0.3 is 0 Å². The maximum Gasteiger partial charge on any atom is 0.209 e. The van der Waals surface area contributed by atoms with Crippen molar-refractivity contribution in [2.75, 3.05) is 12.4 Å². The Hall–Kier alpha value is -0.130. The second-order valence-electron chi connectivity index (χ2n) is 5.48. The Morgan fingerprint density at radius 3 is 2.26 bits per heavy atom. The zero-order valence-electron chi connectivity index (χ0n) is 12.7. The molecule has 0 saturated heterocycles. The van der Waals surface area contributed by atoms with E-state index in [1.807, 2.05) is 6.92 Å². The zero-order valence-corrected chi connectivity index (χ0v) is 13.5. The fourth-order valence-corrected chi connectivity index (χ4v) is 3.11. The van der Waals surface area contributed by atoms with E-state index in [2.05, 4.69) is 13.8 Å². The van der Waals surface area contributed by atoms with E-state index in [0.717, 1.165) is 19.3 Å². The Morgan fingerprint density at radius 2 is 1.74 bits per heavy atom. The Kier molecular flexibility index (Phi) is 10.6. The van der Waals surface area contributed by atoms with Crippen LogP contribution in [0.15, 0.2) is 0 Å². The minimum Gasteiger partial charge on any atom is -0.378 e. The Balaban J connectivity index is 3.89. The number of hydrogen-bond donors (Lipinski definition) is 1. The molecule has 2 atom stereocenters. The summed E-state index contributed by atoms with van der Waals surface area (Å²) in [6.45, 7) is 6.80. The summed E-state index contributed by atoms with van der Waals surface area (Å²) in [4.78, 5) is 0. The maximum atomic E-state index is 11.1. The van der Waals surface area contributed by atoms with Gasteiger partial charge in [-0.3, -0.25) is 0 Å². The highest BCUT2D eigenvalue weighted by Crippen LogP contribution is 2.13. The number of sulfonamides is 1. The molecule has 0 aliphatic carbocycles. The van der Waals surface area contributed by atoms with Gasteiger partial charge in [-0.25, -0.2) is 13.6 Å². The molecule has 0 aromatic carbocycles. The van der Waals surface area contributed by atoms with Gasteiger partial charge in [0.1, 0.15) is 0 Å². The van der Waals surface area contributed by atoms with Crippen molar-refractivity contribution < 1.29 is 13.2 Å². The molecule has 0 aliphatic rings. The summed E-state index contributed by atoms with van der Waals surface area (Å²) < 4.78 is 28.0. The highest BCUT2D eigenvalue weighted by Gasteiger charge is 2.16. The molecule has 0 rings (SSSR count).